The number of carbonyl (C=O) groups is 1. The third-order valence-corrected chi connectivity index (χ3v) is 5.54. The molecular weight excluding hydrogens is 374 g/mol. The van der Waals surface area contributed by atoms with Crippen molar-refractivity contribution in [2.24, 2.45) is 0 Å². The monoisotopic (exact) mass is 397 g/mol. The number of hydrogen-bond donors (Lipinski definition) is 1. The lowest BCUT2D eigenvalue weighted by Crippen LogP contribution is -2.47. The highest BCUT2D eigenvalue weighted by molar-refractivity contribution is 5.92. The normalized spacial score (nSPS) is 19.5. The van der Waals surface area contributed by atoms with Crippen molar-refractivity contribution in [1.82, 2.24) is 9.88 Å². The standard InChI is InChI=1S/C21H23N3O5/c25-20(24-7-5-21(6-8-24)28-9-10-29-21)17-3-2-16(13-23-17)22-12-15-1-4-18-19(11-15)27-14-26-18/h1-4,11,13,22H,5-10,12,14H2. The average Bonchev–Trinajstić information content (AvgIpc) is 3.42. The van der Waals surface area contributed by atoms with Gasteiger partial charge in [-0.15, -0.1) is 0 Å². The maximum atomic E-state index is 12.7. The highest BCUT2D eigenvalue weighted by Gasteiger charge is 2.41. The van der Waals surface area contributed by atoms with Crippen molar-refractivity contribution in [3.63, 3.8) is 0 Å². The van der Waals surface area contributed by atoms with Gasteiger partial charge < -0.3 is 29.2 Å². The Morgan fingerprint density at radius 2 is 1.86 bits per heavy atom. The van der Waals surface area contributed by atoms with Crippen LogP contribution < -0.4 is 14.8 Å². The van der Waals surface area contributed by atoms with Crippen LogP contribution in [-0.4, -0.2) is 54.7 Å². The molecule has 3 aliphatic heterocycles. The van der Waals surface area contributed by atoms with E-state index in [2.05, 4.69) is 10.3 Å². The molecule has 0 unspecified atom stereocenters. The molecule has 1 N–H and O–H groups in total. The summed E-state index contributed by atoms with van der Waals surface area (Å²) in [5.74, 6) is 1.00. The highest BCUT2D eigenvalue weighted by atomic mass is 16.7. The number of rotatable bonds is 4. The summed E-state index contributed by atoms with van der Waals surface area (Å²) in [6, 6.07) is 9.50. The fourth-order valence-electron chi connectivity index (χ4n) is 3.88. The maximum Gasteiger partial charge on any atom is 0.272 e. The average molecular weight is 397 g/mol. The molecule has 0 saturated carbocycles. The summed E-state index contributed by atoms with van der Waals surface area (Å²) in [5, 5.41) is 3.31. The summed E-state index contributed by atoms with van der Waals surface area (Å²) < 4.78 is 22.2. The molecule has 8 heteroatoms. The number of carbonyl (C=O) groups excluding carboxylic acids is 1. The number of nitrogens with one attached hydrogen (secondary N) is 1. The number of piperidine rings is 1. The number of anilines is 1. The second-order valence-electron chi connectivity index (χ2n) is 7.37. The van der Waals surface area contributed by atoms with Crippen LogP contribution in [0, 0.1) is 0 Å². The third-order valence-electron chi connectivity index (χ3n) is 5.54. The van der Waals surface area contributed by atoms with Gasteiger partial charge in [-0.05, 0) is 29.8 Å². The number of amides is 1. The first-order chi connectivity index (χ1) is 14.2. The van der Waals surface area contributed by atoms with Gasteiger partial charge in [0.1, 0.15) is 5.69 Å². The zero-order chi connectivity index (χ0) is 19.7. The van der Waals surface area contributed by atoms with E-state index in [0.29, 0.717) is 51.4 Å². The van der Waals surface area contributed by atoms with Gasteiger partial charge >= 0.3 is 0 Å². The summed E-state index contributed by atoms with van der Waals surface area (Å²) in [4.78, 5) is 18.9. The largest absolute Gasteiger partial charge is 0.454 e. The number of ether oxygens (including phenoxy) is 4. The Morgan fingerprint density at radius 1 is 1.07 bits per heavy atom. The molecule has 5 rings (SSSR count). The van der Waals surface area contributed by atoms with Crippen molar-refractivity contribution < 1.29 is 23.7 Å². The first kappa shape index (κ1) is 18.2. The Morgan fingerprint density at radius 3 is 2.62 bits per heavy atom. The van der Waals surface area contributed by atoms with Gasteiger partial charge in [-0.3, -0.25) is 4.79 Å². The molecule has 0 aliphatic carbocycles. The van der Waals surface area contributed by atoms with Gasteiger partial charge in [0.2, 0.25) is 6.79 Å². The maximum absolute atomic E-state index is 12.7. The molecule has 8 nitrogen and oxygen atoms in total. The molecule has 2 saturated heterocycles. The smallest absolute Gasteiger partial charge is 0.272 e. The Labute approximate surface area is 168 Å². The summed E-state index contributed by atoms with van der Waals surface area (Å²) >= 11 is 0. The second-order valence-corrected chi connectivity index (χ2v) is 7.37. The predicted molar refractivity (Wildman–Crippen MR) is 104 cm³/mol. The minimum atomic E-state index is -0.479. The molecule has 2 aromatic rings. The topological polar surface area (TPSA) is 82.2 Å². The van der Waals surface area contributed by atoms with Gasteiger partial charge in [0, 0.05) is 32.5 Å². The van der Waals surface area contributed by atoms with Crippen molar-refractivity contribution in [2.45, 2.75) is 25.2 Å². The molecule has 1 spiro atoms. The van der Waals surface area contributed by atoms with E-state index in [9.17, 15) is 4.79 Å². The fourth-order valence-corrected chi connectivity index (χ4v) is 3.88. The second kappa shape index (κ2) is 7.53. The number of pyridine rings is 1. The summed E-state index contributed by atoms with van der Waals surface area (Å²) in [5.41, 5.74) is 2.38. The van der Waals surface area contributed by atoms with E-state index in [0.717, 1.165) is 22.7 Å². The van der Waals surface area contributed by atoms with E-state index in [1.165, 1.54) is 0 Å². The van der Waals surface area contributed by atoms with Crippen LogP contribution in [0.5, 0.6) is 11.5 Å². The van der Waals surface area contributed by atoms with E-state index in [1.54, 1.807) is 12.3 Å². The Kier molecular flexibility index (Phi) is 4.73. The van der Waals surface area contributed by atoms with Gasteiger partial charge in [-0.1, -0.05) is 6.07 Å². The molecule has 0 radical (unpaired) electrons. The minimum Gasteiger partial charge on any atom is -0.454 e. The lowest BCUT2D eigenvalue weighted by Gasteiger charge is -2.37. The van der Waals surface area contributed by atoms with E-state index in [1.807, 2.05) is 29.2 Å². The Bertz CT molecular complexity index is 886. The summed E-state index contributed by atoms with van der Waals surface area (Å²) in [6.07, 6.45) is 3.09. The van der Waals surface area contributed by atoms with Crippen molar-refractivity contribution in [3.05, 3.63) is 47.8 Å². The lowest BCUT2D eigenvalue weighted by molar-refractivity contribution is -0.181. The van der Waals surface area contributed by atoms with E-state index < -0.39 is 5.79 Å². The molecule has 4 heterocycles. The van der Waals surface area contributed by atoms with Gasteiger partial charge in [0.15, 0.2) is 17.3 Å². The zero-order valence-corrected chi connectivity index (χ0v) is 16.1. The van der Waals surface area contributed by atoms with Gasteiger partial charge in [0.25, 0.3) is 5.91 Å². The number of likely N-dealkylation sites (tertiary alicyclic amines) is 1. The van der Waals surface area contributed by atoms with Crippen LogP contribution in [0.2, 0.25) is 0 Å². The fraction of sp³-hybridized carbons (Fsp3) is 0.429. The minimum absolute atomic E-state index is 0.0554. The molecular formula is C21H23N3O5. The van der Waals surface area contributed by atoms with Crippen molar-refractivity contribution in [2.75, 3.05) is 38.4 Å². The first-order valence-corrected chi connectivity index (χ1v) is 9.86. The van der Waals surface area contributed by atoms with Crippen LogP contribution in [0.25, 0.3) is 0 Å². The Balaban J connectivity index is 1.16. The molecule has 1 amide bonds. The summed E-state index contributed by atoms with van der Waals surface area (Å²) in [6.45, 7) is 3.39. The molecule has 1 aromatic carbocycles. The number of aromatic nitrogens is 1. The van der Waals surface area contributed by atoms with Crippen molar-refractivity contribution >= 4 is 11.6 Å². The third kappa shape index (κ3) is 3.73. The molecule has 29 heavy (non-hydrogen) atoms. The lowest BCUT2D eigenvalue weighted by atomic mass is 10.0. The van der Waals surface area contributed by atoms with Gasteiger partial charge in [-0.2, -0.15) is 0 Å². The molecule has 152 valence electrons. The number of hydrogen-bond acceptors (Lipinski definition) is 7. The molecule has 0 bridgehead atoms. The van der Waals surface area contributed by atoms with Gasteiger partial charge in [-0.25, -0.2) is 4.98 Å². The number of nitrogens with zero attached hydrogens (tertiary/aromatic N) is 2. The van der Waals surface area contributed by atoms with Crippen LogP contribution in [0.4, 0.5) is 5.69 Å². The van der Waals surface area contributed by atoms with Crippen LogP contribution in [-0.2, 0) is 16.0 Å². The van der Waals surface area contributed by atoms with Crippen LogP contribution >= 0.6 is 0 Å². The van der Waals surface area contributed by atoms with Crippen molar-refractivity contribution in [1.29, 1.82) is 0 Å². The van der Waals surface area contributed by atoms with Crippen LogP contribution in [0.3, 0.4) is 0 Å². The molecule has 3 aliphatic rings. The predicted octanol–water partition coefficient (Wildman–Crippen LogP) is 2.40. The summed E-state index contributed by atoms with van der Waals surface area (Å²) in [7, 11) is 0. The van der Waals surface area contributed by atoms with Gasteiger partial charge in [0.05, 0.1) is 25.1 Å². The van der Waals surface area contributed by atoms with Crippen molar-refractivity contribution in [3.8, 4) is 11.5 Å². The highest BCUT2D eigenvalue weighted by Crippen LogP contribution is 2.33. The molecule has 2 fully saturated rings. The first-order valence-electron chi connectivity index (χ1n) is 9.86. The Hall–Kier alpha value is -2.84. The quantitative estimate of drug-likeness (QED) is 0.848. The van der Waals surface area contributed by atoms with Crippen LogP contribution in [0.15, 0.2) is 36.5 Å². The number of fused-ring (bicyclic) bond motifs is 1. The number of benzene rings is 1. The SMILES string of the molecule is O=C(c1ccc(NCc2ccc3c(c2)OCO3)cn1)N1CCC2(CC1)OCCO2. The molecule has 0 atom stereocenters. The molecule has 1 aromatic heterocycles. The van der Waals surface area contributed by atoms with E-state index in [-0.39, 0.29) is 12.7 Å². The zero-order valence-electron chi connectivity index (χ0n) is 16.1. The van der Waals surface area contributed by atoms with E-state index in [4.69, 9.17) is 18.9 Å². The van der Waals surface area contributed by atoms with Crippen LogP contribution in [0.1, 0.15) is 28.9 Å². The van der Waals surface area contributed by atoms with E-state index >= 15 is 0 Å².